The minimum absolute atomic E-state index is 0.0539. The summed E-state index contributed by atoms with van der Waals surface area (Å²) in [5.74, 6) is -0.464. The van der Waals surface area contributed by atoms with Crippen molar-refractivity contribution >= 4 is 21.6 Å². The fraction of sp³-hybridized carbons (Fsp3) is 0.143. The van der Waals surface area contributed by atoms with Gasteiger partial charge in [-0.3, -0.25) is 10.1 Å². The second-order valence-electron chi connectivity index (χ2n) is 4.11. The highest BCUT2D eigenvalue weighted by Gasteiger charge is 2.18. The lowest BCUT2D eigenvalue weighted by Gasteiger charge is -2.10. The molecule has 0 aliphatic rings. The summed E-state index contributed by atoms with van der Waals surface area (Å²) in [6.07, 6.45) is 0.359. The van der Waals surface area contributed by atoms with Crippen molar-refractivity contribution < 1.29 is 9.31 Å². The van der Waals surface area contributed by atoms with Gasteiger partial charge in [-0.2, -0.15) is 0 Å². The largest absolute Gasteiger partial charge is 0.272 e. The first-order chi connectivity index (χ1) is 9.08. The fourth-order valence-electron chi connectivity index (χ4n) is 1.87. The quantitative estimate of drug-likeness (QED) is 0.475. The summed E-state index contributed by atoms with van der Waals surface area (Å²) in [5.41, 5.74) is 1.33. The number of benzene rings is 2. The van der Waals surface area contributed by atoms with Crippen molar-refractivity contribution in [1.29, 1.82) is 0 Å². The van der Waals surface area contributed by atoms with Crippen molar-refractivity contribution in [2.24, 2.45) is 0 Å². The molecule has 2 rings (SSSR count). The Morgan fingerprint density at radius 1 is 1.21 bits per heavy atom. The molecule has 2 aromatic carbocycles. The van der Waals surface area contributed by atoms with Gasteiger partial charge in [0.15, 0.2) is 0 Å². The van der Waals surface area contributed by atoms with Crippen LogP contribution in [0.3, 0.4) is 0 Å². The van der Waals surface area contributed by atoms with Crippen molar-refractivity contribution in [2.45, 2.75) is 11.2 Å². The molecule has 0 amide bonds. The molecule has 5 heteroatoms. The third kappa shape index (κ3) is 3.38. The van der Waals surface area contributed by atoms with E-state index in [-0.39, 0.29) is 10.5 Å². The van der Waals surface area contributed by atoms with Gasteiger partial charge >= 0.3 is 0 Å². The van der Waals surface area contributed by atoms with Gasteiger partial charge in [-0.05, 0) is 24.1 Å². The first-order valence-electron chi connectivity index (χ1n) is 5.70. The van der Waals surface area contributed by atoms with E-state index in [9.17, 15) is 14.5 Å². The molecule has 0 saturated heterocycles. The summed E-state index contributed by atoms with van der Waals surface area (Å²) < 4.78 is 13.2. The molecule has 3 nitrogen and oxygen atoms in total. The molecule has 0 aliphatic heterocycles. The van der Waals surface area contributed by atoms with Crippen molar-refractivity contribution in [3.63, 3.8) is 0 Å². The lowest BCUT2D eigenvalue weighted by molar-refractivity contribution is -0.385. The Morgan fingerprint density at radius 3 is 2.53 bits per heavy atom. The number of rotatable bonds is 4. The Kier molecular flexibility index (Phi) is 4.27. The highest BCUT2D eigenvalue weighted by molar-refractivity contribution is 9.09. The van der Waals surface area contributed by atoms with Gasteiger partial charge in [0.05, 0.1) is 4.92 Å². The van der Waals surface area contributed by atoms with Gasteiger partial charge in [-0.25, -0.2) is 4.39 Å². The van der Waals surface area contributed by atoms with Crippen molar-refractivity contribution in [3.8, 4) is 0 Å². The second kappa shape index (κ2) is 5.93. The molecule has 0 saturated carbocycles. The molecule has 98 valence electrons. The topological polar surface area (TPSA) is 43.1 Å². The molecule has 19 heavy (non-hydrogen) atoms. The van der Waals surface area contributed by atoms with Gasteiger partial charge in [-0.15, -0.1) is 0 Å². The zero-order valence-corrected chi connectivity index (χ0v) is 11.5. The van der Waals surface area contributed by atoms with E-state index in [2.05, 4.69) is 15.9 Å². The van der Waals surface area contributed by atoms with Gasteiger partial charge in [0, 0.05) is 16.5 Å². The zero-order chi connectivity index (χ0) is 13.8. The summed E-state index contributed by atoms with van der Waals surface area (Å²) in [4.78, 5) is 10.3. The molecule has 0 radical (unpaired) electrons. The summed E-state index contributed by atoms with van der Waals surface area (Å²) in [6, 6.07) is 13.0. The van der Waals surface area contributed by atoms with Crippen LogP contribution in [0, 0.1) is 15.9 Å². The van der Waals surface area contributed by atoms with Crippen LogP contribution < -0.4 is 0 Å². The van der Waals surface area contributed by atoms with Crippen LogP contribution in [0.15, 0.2) is 48.5 Å². The number of nitrogens with zero attached hydrogens (tertiary/aromatic N) is 1. The third-order valence-corrected chi connectivity index (χ3v) is 3.65. The van der Waals surface area contributed by atoms with E-state index in [0.29, 0.717) is 12.0 Å². The zero-order valence-electron chi connectivity index (χ0n) is 9.92. The highest BCUT2D eigenvalue weighted by atomic mass is 79.9. The Balaban J connectivity index is 2.28. The molecule has 0 heterocycles. The van der Waals surface area contributed by atoms with Gasteiger partial charge in [-0.1, -0.05) is 46.3 Å². The normalized spacial score (nSPS) is 12.1. The summed E-state index contributed by atoms with van der Waals surface area (Å²) in [6.45, 7) is 0. The van der Waals surface area contributed by atoms with E-state index >= 15 is 0 Å². The van der Waals surface area contributed by atoms with Crippen LogP contribution in [0.4, 0.5) is 10.1 Å². The molecule has 1 unspecified atom stereocenters. The Labute approximate surface area is 118 Å². The minimum Gasteiger partial charge on any atom is -0.258 e. The first kappa shape index (κ1) is 13.7. The molecule has 0 bridgehead atoms. The maximum atomic E-state index is 13.2. The molecule has 0 spiro atoms. The summed E-state index contributed by atoms with van der Waals surface area (Å²) in [7, 11) is 0. The van der Waals surface area contributed by atoms with Gasteiger partial charge < -0.3 is 0 Å². The smallest absolute Gasteiger partial charge is 0.258 e. The molecule has 2 aromatic rings. The molecular weight excluding hydrogens is 313 g/mol. The van der Waals surface area contributed by atoms with Crippen LogP contribution in [-0.4, -0.2) is 4.92 Å². The maximum absolute atomic E-state index is 13.2. The van der Waals surface area contributed by atoms with Gasteiger partial charge in [0.1, 0.15) is 5.82 Å². The average Bonchev–Trinajstić information content (AvgIpc) is 2.39. The van der Waals surface area contributed by atoms with Gasteiger partial charge in [0.2, 0.25) is 0 Å². The number of hydrogen-bond acceptors (Lipinski definition) is 2. The lowest BCUT2D eigenvalue weighted by atomic mass is 10.0. The van der Waals surface area contributed by atoms with Crippen molar-refractivity contribution in [1.82, 2.24) is 0 Å². The summed E-state index contributed by atoms with van der Waals surface area (Å²) >= 11 is 3.49. The second-order valence-corrected chi connectivity index (χ2v) is 5.22. The number of nitro groups is 1. The Bertz CT molecular complexity index is 589. The van der Waals surface area contributed by atoms with E-state index in [1.807, 2.05) is 30.3 Å². The van der Waals surface area contributed by atoms with Gasteiger partial charge in [0.25, 0.3) is 5.69 Å². The van der Waals surface area contributed by atoms with Crippen molar-refractivity contribution in [3.05, 3.63) is 75.6 Å². The molecule has 0 aliphatic carbocycles. The van der Waals surface area contributed by atoms with Crippen LogP contribution in [0.25, 0.3) is 0 Å². The highest BCUT2D eigenvalue weighted by Crippen LogP contribution is 2.31. The fourth-order valence-corrected chi connectivity index (χ4v) is 2.52. The first-order valence-corrected chi connectivity index (χ1v) is 6.61. The third-order valence-electron chi connectivity index (χ3n) is 2.80. The van der Waals surface area contributed by atoms with Crippen LogP contribution in [0.1, 0.15) is 16.0 Å². The van der Waals surface area contributed by atoms with Crippen molar-refractivity contribution in [2.75, 3.05) is 0 Å². The van der Waals surface area contributed by atoms with Crippen LogP contribution >= 0.6 is 15.9 Å². The predicted molar refractivity (Wildman–Crippen MR) is 74.9 cm³/mol. The van der Waals surface area contributed by atoms with E-state index in [1.165, 1.54) is 12.1 Å². The Hall–Kier alpha value is -1.75. The SMILES string of the molecule is O=[N+]([O-])c1ccc(F)cc1CC(Br)c1ccccc1. The van der Waals surface area contributed by atoms with E-state index < -0.39 is 10.7 Å². The van der Waals surface area contributed by atoms with Crippen LogP contribution in [0.2, 0.25) is 0 Å². The molecule has 0 N–H and O–H groups in total. The average molecular weight is 324 g/mol. The van der Waals surface area contributed by atoms with E-state index in [0.717, 1.165) is 11.6 Å². The number of alkyl halides is 1. The summed E-state index contributed by atoms with van der Waals surface area (Å²) in [5, 5.41) is 10.9. The molecule has 0 fully saturated rings. The molecule has 0 aromatic heterocycles. The molecule has 1 atom stereocenters. The number of nitro benzene ring substituents is 1. The number of halogens is 2. The molecular formula is C14H11BrFNO2. The van der Waals surface area contributed by atoms with E-state index in [1.54, 1.807) is 0 Å². The number of hydrogen-bond donors (Lipinski definition) is 0. The maximum Gasteiger partial charge on any atom is 0.272 e. The van der Waals surface area contributed by atoms with Crippen LogP contribution in [0.5, 0.6) is 0 Å². The lowest BCUT2D eigenvalue weighted by Crippen LogP contribution is -2.00. The monoisotopic (exact) mass is 323 g/mol. The van der Waals surface area contributed by atoms with E-state index in [4.69, 9.17) is 0 Å². The standard InChI is InChI=1S/C14H11BrFNO2/c15-13(10-4-2-1-3-5-10)9-11-8-12(16)6-7-14(11)17(18)19/h1-8,13H,9H2. The predicted octanol–water partition coefficient (Wildman–Crippen LogP) is 4.41. The minimum atomic E-state index is -0.487. The van der Waals surface area contributed by atoms with Crippen LogP contribution in [-0.2, 0) is 6.42 Å². The Morgan fingerprint density at radius 2 is 1.89 bits per heavy atom.